The predicted molar refractivity (Wildman–Crippen MR) is 74.8 cm³/mol. The van der Waals surface area contributed by atoms with Crippen LogP contribution in [0.2, 0.25) is 0 Å². The number of para-hydroxylation sites is 1. The van der Waals surface area contributed by atoms with Gasteiger partial charge in [-0.25, -0.2) is 0 Å². The van der Waals surface area contributed by atoms with E-state index in [0.717, 1.165) is 25.2 Å². The Kier molecular flexibility index (Phi) is 3.64. The average Bonchev–Trinajstić information content (AvgIpc) is 2.32. The largest absolute Gasteiger partial charge is 0.508 e. The monoisotopic (exact) mass is 248 g/mol. The number of likely N-dealkylation sites (N-methyl/N-ethyl adjacent to an activating group) is 1. The number of benzene rings is 1. The smallest absolute Gasteiger partial charge is 0.120 e. The van der Waals surface area contributed by atoms with Gasteiger partial charge in [-0.15, -0.1) is 0 Å². The van der Waals surface area contributed by atoms with Crippen LogP contribution >= 0.6 is 0 Å². The Morgan fingerprint density at radius 2 is 1.89 bits per heavy atom. The number of hydrogen-bond acceptors (Lipinski definition) is 3. The molecule has 1 aromatic rings. The normalized spacial score (nSPS) is 22.9. The van der Waals surface area contributed by atoms with Gasteiger partial charge in [0.2, 0.25) is 0 Å². The average molecular weight is 248 g/mol. The molecule has 1 fully saturated rings. The molecule has 100 valence electrons. The second kappa shape index (κ2) is 4.90. The fourth-order valence-corrected chi connectivity index (χ4v) is 2.65. The van der Waals surface area contributed by atoms with E-state index in [2.05, 4.69) is 37.6 Å². The molecule has 3 nitrogen and oxygen atoms in total. The van der Waals surface area contributed by atoms with Crippen molar-refractivity contribution in [2.24, 2.45) is 0 Å². The zero-order valence-electron chi connectivity index (χ0n) is 11.8. The standard InChI is InChI=1S/C15H24N2O/c1-12(13-7-5-6-8-14(13)18)17-10-9-16(4)15(2,3)11-17/h5-8,12,18H,9-11H2,1-4H3. The molecule has 1 unspecified atom stereocenters. The highest BCUT2D eigenvalue weighted by molar-refractivity contribution is 5.34. The van der Waals surface area contributed by atoms with Gasteiger partial charge in [-0.05, 0) is 33.9 Å². The SMILES string of the molecule is CC(c1ccccc1O)N1CCN(C)C(C)(C)C1. The third kappa shape index (κ3) is 2.52. The summed E-state index contributed by atoms with van der Waals surface area (Å²) in [7, 11) is 2.18. The number of rotatable bonds is 2. The fraction of sp³-hybridized carbons (Fsp3) is 0.600. The summed E-state index contributed by atoms with van der Waals surface area (Å²) in [5.41, 5.74) is 1.22. The predicted octanol–water partition coefficient (Wildman–Crippen LogP) is 2.48. The summed E-state index contributed by atoms with van der Waals surface area (Å²) in [4.78, 5) is 4.86. The molecule has 1 saturated heterocycles. The highest BCUT2D eigenvalue weighted by Gasteiger charge is 2.33. The van der Waals surface area contributed by atoms with Gasteiger partial charge in [-0.2, -0.15) is 0 Å². The zero-order valence-corrected chi connectivity index (χ0v) is 11.8. The third-order valence-electron chi connectivity index (χ3n) is 4.28. The Labute approximate surface area is 110 Å². The molecule has 0 saturated carbocycles. The van der Waals surface area contributed by atoms with Crippen LogP contribution in [0.3, 0.4) is 0 Å². The molecule has 18 heavy (non-hydrogen) atoms. The lowest BCUT2D eigenvalue weighted by molar-refractivity contribution is 0.0197. The van der Waals surface area contributed by atoms with Gasteiger partial charge < -0.3 is 5.11 Å². The maximum absolute atomic E-state index is 9.96. The van der Waals surface area contributed by atoms with Crippen LogP contribution in [0.15, 0.2) is 24.3 Å². The molecule has 0 spiro atoms. The van der Waals surface area contributed by atoms with Crippen LogP contribution in [0.4, 0.5) is 0 Å². The molecule has 1 aliphatic heterocycles. The Bertz CT molecular complexity index is 417. The van der Waals surface area contributed by atoms with Crippen molar-refractivity contribution in [3.05, 3.63) is 29.8 Å². The van der Waals surface area contributed by atoms with Crippen molar-refractivity contribution in [1.29, 1.82) is 0 Å². The van der Waals surface area contributed by atoms with E-state index in [1.54, 1.807) is 6.07 Å². The van der Waals surface area contributed by atoms with Crippen molar-refractivity contribution < 1.29 is 5.11 Å². The van der Waals surface area contributed by atoms with Gasteiger partial charge in [-0.3, -0.25) is 9.80 Å². The molecule has 0 aliphatic carbocycles. The first-order valence-corrected chi connectivity index (χ1v) is 6.65. The molecule has 3 heteroatoms. The Morgan fingerprint density at radius 1 is 1.22 bits per heavy atom. The van der Waals surface area contributed by atoms with E-state index in [9.17, 15) is 5.11 Å². The fourth-order valence-electron chi connectivity index (χ4n) is 2.65. The molecule has 0 amide bonds. The molecule has 1 heterocycles. The van der Waals surface area contributed by atoms with Crippen LogP contribution in [0.1, 0.15) is 32.4 Å². The molecule has 2 rings (SSSR count). The lowest BCUT2D eigenvalue weighted by Gasteiger charge is -2.47. The lowest BCUT2D eigenvalue weighted by atomic mass is 9.96. The quantitative estimate of drug-likeness (QED) is 0.871. The Hall–Kier alpha value is -1.06. The first kappa shape index (κ1) is 13.4. The maximum Gasteiger partial charge on any atom is 0.120 e. The summed E-state index contributed by atoms with van der Waals surface area (Å²) in [6.45, 7) is 9.88. The minimum atomic E-state index is 0.191. The number of phenols is 1. The van der Waals surface area contributed by atoms with Gasteiger partial charge >= 0.3 is 0 Å². The van der Waals surface area contributed by atoms with Crippen molar-refractivity contribution in [1.82, 2.24) is 9.80 Å². The number of nitrogens with zero attached hydrogens (tertiary/aromatic N) is 2. The van der Waals surface area contributed by atoms with E-state index in [4.69, 9.17) is 0 Å². The van der Waals surface area contributed by atoms with E-state index in [-0.39, 0.29) is 11.6 Å². The molecule has 1 aromatic carbocycles. The zero-order chi connectivity index (χ0) is 13.3. The van der Waals surface area contributed by atoms with E-state index in [1.807, 2.05) is 18.2 Å². The first-order chi connectivity index (χ1) is 8.42. The van der Waals surface area contributed by atoms with Crippen LogP contribution in [-0.2, 0) is 0 Å². The first-order valence-electron chi connectivity index (χ1n) is 6.65. The van der Waals surface area contributed by atoms with E-state index in [1.165, 1.54) is 0 Å². The summed E-state index contributed by atoms with van der Waals surface area (Å²) in [6.07, 6.45) is 0. The molecule has 0 radical (unpaired) electrons. The third-order valence-corrected chi connectivity index (χ3v) is 4.28. The van der Waals surface area contributed by atoms with Crippen molar-refractivity contribution in [2.45, 2.75) is 32.4 Å². The molecule has 1 atom stereocenters. The van der Waals surface area contributed by atoms with Gasteiger partial charge in [0.15, 0.2) is 0 Å². The van der Waals surface area contributed by atoms with E-state index in [0.29, 0.717) is 5.75 Å². The molecule has 0 bridgehead atoms. The Balaban J connectivity index is 2.16. The Morgan fingerprint density at radius 3 is 2.50 bits per heavy atom. The van der Waals surface area contributed by atoms with Crippen molar-refractivity contribution in [2.75, 3.05) is 26.7 Å². The van der Waals surface area contributed by atoms with Gasteiger partial charge in [0.05, 0.1) is 0 Å². The number of hydrogen-bond donors (Lipinski definition) is 1. The minimum absolute atomic E-state index is 0.191. The molecule has 1 aliphatic rings. The lowest BCUT2D eigenvalue weighted by Crippen LogP contribution is -2.57. The maximum atomic E-state index is 9.96. The topological polar surface area (TPSA) is 26.7 Å². The van der Waals surface area contributed by atoms with Gasteiger partial charge in [0.1, 0.15) is 5.75 Å². The van der Waals surface area contributed by atoms with Crippen LogP contribution in [0.5, 0.6) is 5.75 Å². The second-order valence-electron chi connectivity index (χ2n) is 5.94. The van der Waals surface area contributed by atoms with Crippen LogP contribution in [-0.4, -0.2) is 47.1 Å². The number of piperazine rings is 1. The van der Waals surface area contributed by atoms with E-state index >= 15 is 0 Å². The van der Waals surface area contributed by atoms with Crippen LogP contribution < -0.4 is 0 Å². The summed E-state index contributed by atoms with van der Waals surface area (Å²) in [5, 5.41) is 9.96. The van der Waals surface area contributed by atoms with Crippen LogP contribution in [0.25, 0.3) is 0 Å². The van der Waals surface area contributed by atoms with Crippen LogP contribution in [0, 0.1) is 0 Å². The van der Waals surface area contributed by atoms with Crippen molar-refractivity contribution in [3.8, 4) is 5.75 Å². The molecular weight excluding hydrogens is 224 g/mol. The highest BCUT2D eigenvalue weighted by atomic mass is 16.3. The van der Waals surface area contributed by atoms with Gasteiger partial charge in [-0.1, -0.05) is 18.2 Å². The number of aromatic hydroxyl groups is 1. The minimum Gasteiger partial charge on any atom is -0.508 e. The molecular formula is C15H24N2O. The summed E-state index contributed by atoms with van der Waals surface area (Å²) >= 11 is 0. The van der Waals surface area contributed by atoms with Gasteiger partial charge in [0, 0.05) is 36.8 Å². The van der Waals surface area contributed by atoms with E-state index < -0.39 is 0 Å². The van der Waals surface area contributed by atoms with Crippen molar-refractivity contribution in [3.63, 3.8) is 0 Å². The van der Waals surface area contributed by atoms with Crippen molar-refractivity contribution >= 4 is 0 Å². The highest BCUT2D eigenvalue weighted by Crippen LogP contribution is 2.31. The summed E-state index contributed by atoms with van der Waals surface area (Å²) in [5.74, 6) is 0.404. The summed E-state index contributed by atoms with van der Waals surface area (Å²) < 4.78 is 0. The molecule has 0 aromatic heterocycles. The summed E-state index contributed by atoms with van der Waals surface area (Å²) in [6, 6.07) is 7.92. The van der Waals surface area contributed by atoms with Gasteiger partial charge in [0.25, 0.3) is 0 Å². The second-order valence-corrected chi connectivity index (χ2v) is 5.94. The molecule has 1 N–H and O–H groups in total. The number of phenolic OH excluding ortho intramolecular Hbond substituents is 1.